The van der Waals surface area contributed by atoms with Gasteiger partial charge in [-0.05, 0) is 20.0 Å². The molecule has 0 aliphatic carbocycles. The number of likely N-dealkylation sites (N-methyl/N-ethyl adjacent to an activating group) is 1. The third kappa shape index (κ3) is 3.20. The van der Waals surface area contributed by atoms with Crippen molar-refractivity contribution in [2.45, 2.75) is 12.5 Å². The van der Waals surface area contributed by atoms with Gasteiger partial charge in [0.05, 0.1) is 20.5 Å². The van der Waals surface area contributed by atoms with Crippen molar-refractivity contribution in [1.29, 1.82) is 0 Å². The molecule has 1 aliphatic heterocycles. The molecular weight excluding hydrogens is 305 g/mol. The molecule has 1 unspecified atom stereocenters. The highest BCUT2D eigenvalue weighted by Crippen LogP contribution is 2.31. The molecule has 1 amide bonds. The topological polar surface area (TPSA) is 75.5 Å². The maximum atomic E-state index is 12.2. The maximum Gasteiger partial charge on any atom is 0.271 e. The summed E-state index contributed by atoms with van der Waals surface area (Å²) in [4.78, 5) is 24.4. The van der Waals surface area contributed by atoms with E-state index >= 15 is 0 Å². The zero-order valence-electron chi connectivity index (χ0n) is 10.7. The Kier molecular flexibility index (Phi) is 4.47. The molecular formula is C12H13Cl2N3O3. The average molecular weight is 318 g/mol. The summed E-state index contributed by atoms with van der Waals surface area (Å²) in [6.07, 6.45) is 0.836. The second kappa shape index (κ2) is 5.95. The molecule has 6 nitrogen and oxygen atoms in total. The lowest BCUT2D eigenvalue weighted by Crippen LogP contribution is -2.36. The minimum Gasteiger partial charge on any atom is -0.348 e. The summed E-state index contributed by atoms with van der Waals surface area (Å²) in [6.45, 7) is 1.64. The molecule has 2 rings (SSSR count). The van der Waals surface area contributed by atoms with Crippen molar-refractivity contribution < 1.29 is 9.72 Å². The highest BCUT2D eigenvalue weighted by molar-refractivity contribution is 6.44. The number of rotatable bonds is 3. The number of carbonyl (C=O) groups is 1. The fraction of sp³-hybridized carbons (Fsp3) is 0.417. The molecule has 1 heterocycles. The molecule has 1 aromatic rings. The van der Waals surface area contributed by atoms with Gasteiger partial charge >= 0.3 is 0 Å². The number of nitro benzene ring substituents is 1. The van der Waals surface area contributed by atoms with Crippen LogP contribution < -0.4 is 5.32 Å². The van der Waals surface area contributed by atoms with E-state index in [9.17, 15) is 14.9 Å². The number of non-ortho nitro benzene ring substituents is 1. The Balaban J connectivity index is 2.22. The Morgan fingerprint density at radius 3 is 2.75 bits per heavy atom. The van der Waals surface area contributed by atoms with Crippen LogP contribution in [0.5, 0.6) is 0 Å². The van der Waals surface area contributed by atoms with E-state index in [1.54, 1.807) is 0 Å². The van der Waals surface area contributed by atoms with Gasteiger partial charge in [-0.25, -0.2) is 0 Å². The van der Waals surface area contributed by atoms with Gasteiger partial charge in [0, 0.05) is 24.7 Å². The fourth-order valence-electron chi connectivity index (χ4n) is 2.16. The normalized spacial score (nSPS) is 19.1. The first kappa shape index (κ1) is 15.0. The Bertz CT molecular complexity index is 565. The molecule has 1 atom stereocenters. The van der Waals surface area contributed by atoms with Crippen LogP contribution in [0.15, 0.2) is 12.1 Å². The minimum atomic E-state index is -0.609. The van der Waals surface area contributed by atoms with Gasteiger partial charge in [-0.3, -0.25) is 14.9 Å². The third-order valence-corrected chi connectivity index (χ3v) is 4.00. The van der Waals surface area contributed by atoms with Crippen LogP contribution in [-0.2, 0) is 0 Å². The molecule has 0 spiro atoms. The van der Waals surface area contributed by atoms with E-state index in [2.05, 4.69) is 10.2 Å². The largest absolute Gasteiger partial charge is 0.348 e. The first-order valence-electron chi connectivity index (χ1n) is 6.01. The molecule has 8 heteroatoms. The summed E-state index contributed by atoms with van der Waals surface area (Å²) in [6, 6.07) is 2.29. The molecule has 0 saturated carbocycles. The van der Waals surface area contributed by atoms with Gasteiger partial charge in [0.2, 0.25) is 0 Å². The number of nitrogens with zero attached hydrogens (tertiary/aromatic N) is 2. The second-order valence-corrected chi connectivity index (χ2v) is 5.55. The highest BCUT2D eigenvalue weighted by atomic mass is 35.5. The first-order chi connectivity index (χ1) is 9.38. The number of halogens is 2. The summed E-state index contributed by atoms with van der Waals surface area (Å²) in [7, 11) is 1.96. The van der Waals surface area contributed by atoms with Crippen molar-refractivity contribution in [3.05, 3.63) is 37.9 Å². The second-order valence-electron chi connectivity index (χ2n) is 4.77. The highest BCUT2D eigenvalue weighted by Gasteiger charge is 2.24. The Hall–Kier alpha value is -1.37. The molecule has 1 fully saturated rings. The molecule has 1 aliphatic rings. The lowest BCUT2D eigenvalue weighted by molar-refractivity contribution is -0.384. The summed E-state index contributed by atoms with van der Waals surface area (Å²) in [5, 5.41) is 13.6. The van der Waals surface area contributed by atoms with E-state index in [0.29, 0.717) is 0 Å². The van der Waals surface area contributed by atoms with Gasteiger partial charge in [-0.2, -0.15) is 0 Å². The summed E-state index contributed by atoms with van der Waals surface area (Å²) in [5.74, 6) is -0.444. The number of likely N-dealkylation sites (tertiary alicyclic amines) is 1. The van der Waals surface area contributed by atoms with E-state index in [4.69, 9.17) is 23.2 Å². The lowest BCUT2D eigenvalue weighted by Gasteiger charge is -2.13. The van der Waals surface area contributed by atoms with Crippen molar-refractivity contribution >= 4 is 34.8 Å². The van der Waals surface area contributed by atoms with E-state index < -0.39 is 10.8 Å². The Morgan fingerprint density at radius 2 is 2.20 bits per heavy atom. The molecule has 108 valence electrons. The molecule has 20 heavy (non-hydrogen) atoms. The molecule has 0 aromatic heterocycles. The van der Waals surface area contributed by atoms with E-state index in [1.165, 1.54) is 0 Å². The van der Waals surface area contributed by atoms with Crippen LogP contribution in [0.4, 0.5) is 5.69 Å². The zero-order chi connectivity index (χ0) is 14.9. The van der Waals surface area contributed by atoms with Gasteiger partial charge < -0.3 is 10.2 Å². The molecule has 0 bridgehead atoms. The third-order valence-electron chi connectivity index (χ3n) is 3.19. The van der Waals surface area contributed by atoms with Crippen LogP contribution in [0, 0.1) is 10.1 Å². The van der Waals surface area contributed by atoms with Gasteiger partial charge in [-0.1, -0.05) is 23.2 Å². The van der Waals surface area contributed by atoms with Crippen molar-refractivity contribution in [1.82, 2.24) is 10.2 Å². The average Bonchev–Trinajstić information content (AvgIpc) is 2.77. The monoisotopic (exact) mass is 317 g/mol. The predicted octanol–water partition coefficient (Wildman–Crippen LogP) is 2.34. The molecule has 1 aromatic carbocycles. The quantitative estimate of drug-likeness (QED) is 0.685. The number of hydrogen-bond donors (Lipinski definition) is 1. The molecule has 1 N–H and O–H groups in total. The van der Waals surface area contributed by atoms with Crippen LogP contribution in [-0.4, -0.2) is 41.9 Å². The summed E-state index contributed by atoms with van der Waals surface area (Å²) < 4.78 is 0. The number of carbonyl (C=O) groups excluding carboxylic acids is 1. The minimum absolute atomic E-state index is 0.00504. The zero-order valence-corrected chi connectivity index (χ0v) is 12.2. The number of nitrogens with one attached hydrogen (secondary N) is 1. The number of amides is 1. The first-order valence-corrected chi connectivity index (χ1v) is 6.77. The van der Waals surface area contributed by atoms with E-state index in [0.717, 1.165) is 31.6 Å². The summed E-state index contributed by atoms with van der Waals surface area (Å²) in [5.41, 5.74) is -0.228. The van der Waals surface area contributed by atoms with Crippen molar-refractivity contribution in [2.24, 2.45) is 0 Å². The van der Waals surface area contributed by atoms with Crippen LogP contribution in [0.2, 0.25) is 10.0 Å². The lowest BCUT2D eigenvalue weighted by atomic mass is 10.1. The smallest absolute Gasteiger partial charge is 0.271 e. The van der Waals surface area contributed by atoms with E-state index in [-0.39, 0.29) is 27.3 Å². The van der Waals surface area contributed by atoms with E-state index in [1.807, 2.05) is 7.05 Å². The predicted molar refractivity (Wildman–Crippen MR) is 76.5 cm³/mol. The summed E-state index contributed by atoms with van der Waals surface area (Å²) >= 11 is 11.8. The molecule has 1 saturated heterocycles. The van der Waals surface area contributed by atoms with Gasteiger partial charge in [0.15, 0.2) is 0 Å². The fourth-order valence-corrected chi connectivity index (χ4v) is 2.57. The van der Waals surface area contributed by atoms with Crippen LogP contribution in [0.25, 0.3) is 0 Å². The maximum absolute atomic E-state index is 12.2. The van der Waals surface area contributed by atoms with Gasteiger partial charge in [0.25, 0.3) is 11.6 Å². The SMILES string of the molecule is CN1CCC(NC(=O)c2cc([N+](=O)[O-])cc(Cl)c2Cl)C1. The Labute approximate surface area is 125 Å². The van der Waals surface area contributed by atoms with Crippen LogP contribution in [0.3, 0.4) is 0 Å². The number of hydrogen-bond acceptors (Lipinski definition) is 4. The van der Waals surface area contributed by atoms with Crippen molar-refractivity contribution in [3.63, 3.8) is 0 Å². The number of nitro groups is 1. The molecule has 0 radical (unpaired) electrons. The Morgan fingerprint density at radius 1 is 1.50 bits per heavy atom. The van der Waals surface area contributed by atoms with Crippen molar-refractivity contribution in [3.8, 4) is 0 Å². The van der Waals surface area contributed by atoms with Crippen LogP contribution in [0.1, 0.15) is 16.8 Å². The van der Waals surface area contributed by atoms with Gasteiger partial charge in [0.1, 0.15) is 0 Å². The van der Waals surface area contributed by atoms with Crippen molar-refractivity contribution in [2.75, 3.05) is 20.1 Å². The standard InChI is InChI=1S/C12H13Cl2N3O3/c1-16-3-2-7(6-16)15-12(18)9-4-8(17(19)20)5-10(13)11(9)14/h4-5,7H,2-3,6H2,1H3,(H,15,18). The number of benzene rings is 1. The van der Waals surface area contributed by atoms with Gasteiger partial charge in [-0.15, -0.1) is 0 Å². The van der Waals surface area contributed by atoms with Crippen LogP contribution >= 0.6 is 23.2 Å².